The van der Waals surface area contributed by atoms with Crippen molar-refractivity contribution in [2.45, 2.75) is 13.5 Å². The average molecular weight is 352 g/mol. The lowest BCUT2D eigenvalue weighted by molar-refractivity contribution is 0.102. The van der Waals surface area contributed by atoms with Crippen LogP contribution in [0.3, 0.4) is 0 Å². The van der Waals surface area contributed by atoms with Crippen LogP contribution in [0.5, 0.6) is 0 Å². The number of carbonyl (C=O) groups excluding carboxylic acids is 1. The summed E-state index contributed by atoms with van der Waals surface area (Å²) in [5, 5.41) is 2.75. The lowest BCUT2D eigenvalue weighted by Crippen LogP contribution is -2.12. The van der Waals surface area contributed by atoms with Crippen molar-refractivity contribution in [1.29, 1.82) is 0 Å². The number of rotatable bonds is 5. The molecular weight excluding hydrogens is 337 g/mol. The van der Waals surface area contributed by atoms with Gasteiger partial charge >= 0.3 is 0 Å². The highest BCUT2D eigenvalue weighted by molar-refractivity contribution is 9.10. The lowest BCUT2D eigenvalue weighted by atomic mass is 10.2. The molecule has 21 heavy (non-hydrogen) atoms. The Morgan fingerprint density at radius 2 is 2.10 bits per heavy atom. The van der Waals surface area contributed by atoms with Crippen LogP contribution in [-0.2, 0) is 11.3 Å². The van der Waals surface area contributed by atoms with Gasteiger partial charge in [-0.3, -0.25) is 4.79 Å². The molecule has 2 aromatic rings. The third kappa shape index (κ3) is 4.37. The van der Waals surface area contributed by atoms with Crippen molar-refractivity contribution >= 4 is 27.5 Å². The van der Waals surface area contributed by atoms with Gasteiger partial charge in [0.05, 0.1) is 11.1 Å². The van der Waals surface area contributed by atoms with Gasteiger partial charge in [-0.1, -0.05) is 12.1 Å². The molecule has 0 fully saturated rings. The van der Waals surface area contributed by atoms with E-state index >= 15 is 0 Å². The van der Waals surface area contributed by atoms with Gasteiger partial charge in [0.1, 0.15) is 5.82 Å². The zero-order valence-corrected chi connectivity index (χ0v) is 13.1. The molecule has 0 aliphatic rings. The molecule has 3 nitrogen and oxygen atoms in total. The minimum absolute atomic E-state index is 0.269. The largest absolute Gasteiger partial charge is 0.377 e. The number of anilines is 1. The summed E-state index contributed by atoms with van der Waals surface area (Å²) in [6.45, 7) is 3.05. The number of halogens is 2. The fraction of sp³-hybridized carbons (Fsp3) is 0.188. The first-order valence-corrected chi connectivity index (χ1v) is 7.32. The van der Waals surface area contributed by atoms with Crippen LogP contribution in [0.4, 0.5) is 10.1 Å². The molecule has 0 aliphatic carbocycles. The fourth-order valence-corrected chi connectivity index (χ4v) is 2.05. The topological polar surface area (TPSA) is 38.3 Å². The van der Waals surface area contributed by atoms with E-state index in [4.69, 9.17) is 4.74 Å². The van der Waals surface area contributed by atoms with Gasteiger partial charge in [-0.25, -0.2) is 4.39 Å². The molecule has 1 N–H and O–H groups in total. The zero-order valence-electron chi connectivity index (χ0n) is 11.5. The number of amides is 1. The highest BCUT2D eigenvalue weighted by Crippen LogP contribution is 2.18. The summed E-state index contributed by atoms with van der Waals surface area (Å²) in [5.41, 5.74) is 1.89. The second-order valence-corrected chi connectivity index (χ2v) is 5.27. The summed E-state index contributed by atoms with van der Waals surface area (Å²) >= 11 is 3.06. The normalized spacial score (nSPS) is 10.4. The molecular formula is C16H15BrFNO2. The SMILES string of the molecule is CCOCc1cccc(NC(=O)c2ccc(Br)c(F)c2)c1. The average Bonchev–Trinajstić information content (AvgIpc) is 2.48. The lowest BCUT2D eigenvalue weighted by Gasteiger charge is -2.08. The first-order valence-electron chi connectivity index (χ1n) is 6.53. The van der Waals surface area contributed by atoms with Crippen molar-refractivity contribution in [2.75, 3.05) is 11.9 Å². The van der Waals surface area contributed by atoms with Crippen molar-refractivity contribution in [1.82, 2.24) is 0 Å². The van der Waals surface area contributed by atoms with E-state index in [2.05, 4.69) is 21.2 Å². The molecule has 0 unspecified atom stereocenters. The number of nitrogens with one attached hydrogen (secondary N) is 1. The monoisotopic (exact) mass is 351 g/mol. The molecule has 0 spiro atoms. The van der Waals surface area contributed by atoms with Crippen LogP contribution in [0, 0.1) is 5.82 Å². The van der Waals surface area contributed by atoms with Gasteiger partial charge in [0.2, 0.25) is 0 Å². The number of carbonyl (C=O) groups is 1. The smallest absolute Gasteiger partial charge is 0.255 e. The van der Waals surface area contributed by atoms with Crippen LogP contribution in [0.2, 0.25) is 0 Å². The van der Waals surface area contributed by atoms with Crippen LogP contribution in [0.1, 0.15) is 22.8 Å². The molecule has 0 saturated heterocycles. The maximum atomic E-state index is 13.4. The predicted molar refractivity (Wildman–Crippen MR) is 83.8 cm³/mol. The standard InChI is InChI=1S/C16H15BrFNO2/c1-2-21-10-11-4-3-5-13(8-11)19-16(20)12-6-7-14(17)15(18)9-12/h3-9H,2,10H2,1H3,(H,19,20). The van der Waals surface area contributed by atoms with Gasteiger partial charge in [-0.15, -0.1) is 0 Å². The van der Waals surface area contributed by atoms with E-state index in [-0.39, 0.29) is 11.5 Å². The molecule has 5 heteroatoms. The summed E-state index contributed by atoms with van der Waals surface area (Å²) in [4.78, 5) is 12.1. The predicted octanol–water partition coefficient (Wildman–Crippen LogP) is 4.38. The molecule has 0 saturated carbocycles. The Balaban J connectivity index is 2.10. The second-order valence-electron chi connectivity index (χ2n) is 4.42. The molecule has 0 aliphatic heterocycles. The summed E-state index contributed by atoms with van der Waals surface area (Å²) in [5.74, 6) is -0.817. The maximum Gasteiger partial charge on any atom is 0.255 e. The van der Waals surface area contributed by atoms with Crippen molar-refractivity contribution in [3.8, 4) is 0 Å². The molecule has 2 aromatic carbocycles. The van der Waals surface area contributed by atoms with Crippen LogP contribution in [0.15, 0.2) is 46.9 Å². The third-order valence-corrected chi connectivity index (χ3v) is 3.48. The van der Waals surface area contributed by atoms with Gasteiger partial charge in [0, 0.05) is 17.9 Å². The quantitative estimate of drug-likeness (QED) is 0.868. The molecule has 0 heterocycles. The Morgan fingerprint density at radius 3 is 2.81 bits per heavy atom. The molecule has 0 atom stereocenters. The summed E-state index contributed by atoms with van der Waals surface area (Å²) in [7, 11) is 0. The Bertz CT molecular complexity index is 646. The molecule has 110 valence electrons. The van der Waals surface area contributed by atoms with E-state index in [1.165, 1.54) is 12.1 Å². The first kappa shape index (κ1) is 15.7. The number of hydrogen-bond acceptors (Lipinski definition) is 2. The van der Waals surface area contributed by atoms with E-state index in [0.717, 1.165) is 5.56 Å². The summed E-state index contributed by atoms with van der Waals surface area (Å²) < 4.78 is 19.1. The zero-order chi connectivity index (χ0) is 15.2. The minimum atomic E-state index is -0.465. The van der Waals surface area contributed by atoms with Gasteiger partial charge < -0.3 is 10.1 Å². The van der Waals surface area contributed by atoms with E-state index in [9.17, 15) is 9.18 Å². The van der Waals surface area contributed by atoms with Crippen molar-refractivity contribution in [3.05, 3.63) is 63.9 Å². The molecule has 0 bridgehead atoms. The van der Waals surface area contributed by atoms with Crippen LogP contribution < -0.4 is 5.32 Å². The minimum Gasteiger partial charge on any atom is -0.377 e. The van der Waals surface area contributed by atoms with Gasteiger partial charge in [0.15, 0.2) is 0 Å². The fourth-order valence-electron chi connectivity index (χ4n) is 1.80. The summed E-state index contributed by atoms with van der Waals surface area (Å²) in [6, 6.07) is 11.6. The summed E-state index contributed by atoms with van der Waals surface area (Å²) in [6.07, 6.45) is 0. The highest BCUT2D eigenvalue weighted by Gasteiger charge is 2.09. The number of hydrogen-bond donors (Lipinski definition) is 1. The Hall–Kier alpha value is -1.72. The van der Waals surface area contributed by atoms with E-state index < -0.39 is 5.82 Å². The molecule has 0 aromatic heterocycles. The molecule has 0 radical (unpaired) electrons. The Labute approximate surface area is 131 Å². The first-order chi connectivity index (χ1) is 10.1. The third-order valence-electron chi connectivity index (χ3n) is 2.84. The van der Waals surface area contributed by atoms with E-state index in [0.29, 0.717) is 23.4 Å². The Kier molecular flexibility index (Phi) is 5.47. The van der Waals surface area contributed by atoms with Crippen LogP contribution in [-0.4, -0.2) is 12.5 Å². The number of ether oxygens (including phenoxy) is 1. The molecule has 1 amide bonds. The maximum absolute atomic E-state index is 13.4. The van der Waals surface area contributed by atoms with Gasteiger partial charge in [-0.2, -0.15) is 0 Å². The Morgan fingerprint density at radius 1 is 1.29 bits per heavy atom. The molecule has 2 rings (SSSR count). The van der Waals surface area contributed by atoms with E-state index in [1.807, 2.05) is 25.1 Å². The second kappa shape index (κ2) is 7.33. The highest BCUT2D eigenvalue weighted by atomic mass is 79.9. The van der Waals surface area contributed by atoms with Gasteiger partial charge in [-0.05, 0) is 58.7 Å². The van der Waals surface area contributed by atoms with Crippen LogP contribution >= 0.6 is 15.9 Å². The van der Waals surface area contributed by atoms with Crippen molar-refractivity contribution in [2.24, 2.45) is 0 Å². The van der Waals surface area contributed by atoms with Crippen molar-refractivity contribution in [3.63, 3.8) is 0 Å². The van der Waals surface area contributed by atoms with Crippen molar-refractivity contribution < 1.29 is 13.9 Å². The van der Waals surface area contributed by atoms with Crippen LogP contribution in [0.25, 0.3) is 0 Å². The van der Waals surface area contributed by atoms with E-state index in [1.54, 1.807) is 12.1 Å². The van der Waals surface area contributed by atoms with Gasteiger partial charge in [0.25, 0.3) is 5.91 Å². The number of benzene rings is 2.